The highest BCUT2D eigenvalue weighted by atomic mass is 16.5. The van der Waals surface area contributed by atoms with Crippen LogP contribution in [0.15, 0.2) is 0 Å². The third-order valence-electron chi connectivity index (χ3n) is 2.68. The Bertz CT molecular complexity index is 126. The van der Waals surface area contributed by atoms with Gasteiger partial charge in [0.15, 0.2) is 0 Å². The number of rotatable bonds is 12. The van der Waals surface area contributed by atoms with Crippen LogP contribution in [-0.2, 0) is 9.47 Å². The maximum absolute atomic E-state index is 5.84. The molecule has 0 aromatic heterocycles. The van der Waals surface area contributed by atoms with Gasteiger partial charge in [0.25, 0.3) is 0 Å². The van der Waals surface area contributed by atoms with Crippen molar-refractivity contribution in [1.29, 1.82) is 0 Å². The van der Waals surface area contributed by atoms with Gasteiger partial charge < -0.3 is 9.47 Å². The Kier molecular flexibility index (Phi) is 12.9. The fourth-order valence-electron chi connectivity index (χ4n) is 1.50. The highest BCUT2D eigenvalue weighted by Gasteiger charge is 2.08. The van der Waals surface area contributed by atoms with E-state index in [1.165, 1.54) is 25.7 Å². The molecule has 1 atom stereocenters. The Hall–Kier alpha value is -0.0800. The first-order valence-corrected chi connectivity index (χ1v) is 7.04. The predicted octanol–water partition coefficient (Wildman–Crippen LogP) is 4.18. The molecule has 0 aliphatic carbocycles. The Balaban J connectivity index is 3.54. The van der Waals surface area contributed by atoms with E-state index in [1.807, 2.05) is 0 Å². The molecular weight excluding hydrogens is 200 g/mol. The van der Waals surface area contributed by atoms with Gasteiger partial charge in [0.2, 0.25) is 0 Å². The van der Waals surface area contributed by atoms with Gasteiger partial charge in [-0.1, -0.05) is 46.5 Å². The minimum absolute atomic E-state index is 0.323. The topological polar surface area (TPSA) is 18.5 Å². The minimum Gasteiger partial charge on any atom is -0.379 e. The van der Waals surface area contributed by atoms with Crippen LogP contribution < -0.4 is 0 Å². The van der Waals surface area contributed by atoms with Crippen LogP contribution in [0.1, 0.15) is 65.7 Å². The van der Waals surface area contributed by atoms with Crippen molar-refractivity contribution < 1.29 is 9.47 Å². The second-order valence-electron chi connectivity index (χ2n) is 4.42. The molecule has 0 aliphatic rings. The lowest BCUT2D eigenvalue weighted by molar-refractivity contribution is -0.0227. The molecule has 0 bridgehead atoms. The molecule has 0 amide bonds. The SMILES string of the molecule is CCCCOCC(CCCC)OCCCC. The zero-order valence-corrected chi connectivity index (χ0v) is 11.5. The molecular formula is C14H30O2. The molecule has 2 heteroatoms. The summed E-state index contributed by atoms with van der Waals surface area (Å²) < 4.78 is 11.5. The van der Waals surface area contributed by atoms with Crippen LogP contribution in [-0.4, -0.2) is 25.9 Å². The first-order chi connectivity index (χ1) is 7.85. The molecule has 0 aromatic carbocycles. The first-order valence-electron chi connectivity index (χ1n) is 7.04. The molecule has 0 saturated carbocycles. The number of unbranched alkanes of at least 4 members (excludes halogenated alkanes) is 3. The number of hydrogen-bond acceptors (Lipinski definition) is 2. The lowest BCUT2D eigenvalue weighted by Crippen LogP contribution is -2.21. The fraction of sp³-hybridized carbons (Fsp3) is 1.00. The number of ether oxygens (including phenoxy) is 2. The van der Waals surface area contributed by atoms with Crippen molar-refractivity contribution in [2.24, 2.45) is 0 Å². The second-order valence-corrected chi connectivity index (χ2v) is 4.42. The van der Waals surface area contributed by atoms with E-state index in [1.54, 1.807) is 0 Å². The van der Waals surface area contributed by atoms with Gasteiger partial charge in [0.05, 0.1) is 12.7 Å². The molecule has 0 aromatic rings. The summed E-state index contributed by atoms with van der Waals surface area (Å²) in [6, 6.07) is 0. The molecule has 0 spiro atoms. The van der Waals surface area contributed by atoms with Crippen LogP contribution in [0.4, 0.5) is 0 Å². The van der Waals surface area contributed by atoms with Crippen LogP contribution in [0.25, 0.3) is 0 Å². The van der Waals surface area contributed by atoms with Gasteiger partial charge in [-0.3, -0.25) is 0 Å². The van der Waals surface area contributed by atoms with Crippen molar-refractivity contribution in [1.82, 2.24) is 0 Å². The molecule has 0 N–H and O–H groups in total. The third-order valence-corrected chi connectivity index (χ3v) is 2.68. The molecule has 0 fully saturated rings. The monoisotopic (exact) mass is 230 g/mol. The third kappa shape index (κ3) is 10.4. The average molecular weight is 230 g/mol. The molecule has 16 heavy (non-hydrogen) atoms. The first kappa shape index (κ1) is 15.9. The van der Waals surface area contributed by atoms with Crippen molar-refractivity contribution in [3.63, 3.8) is 0 Å². The highest BCUT2D eigenvalue weighted by Crippen LogP contribution is 2.07. The second kappa shape index (κ2) is 13.0. The summed E-state index contributed by atoms with van der Waals surface area (Å²) >= 11 is 0. The van der Waals surface area contributed by atoms with E-state index in [9.17, 15) is 0 Å². The van der Waals surface area contributed by atoms with Gasteiger partial charge in [-0.15, -0.1) is 0 Å². The molecule has 0 saturated heterocycles. The normalized spacial score (nSPS) is 12.9. The summed E-state index contributed by atoms with van der Waals surface area (Å²) in [6.45, 7) is 9.17. The van der Waals surface area contributed by atoms with Crippen molar-refractivity contribution in [2.75, 3.05) is 19.8 Å². The van der Waals surface area contributed by atoms with Crippen LogP contribution >= 0.6 is 0 Å². The largest absolute Gasteiger partial charge is 0.379 e. The standard InChI is InChI=1S/C14H30O2/c1-4-7-10-14(16-12-9-6-3)13-15-11-8-5-2/h14H,4-13H2,1-3H3. The fourth-order valence-corrected chi connectivity index (χ4v) is 1.50. The van der Waals surface area contributed by atoms with Crippen LogP contribution in [0.3, 0.4) is 0 Å². The van der Waals surface area contributed by atoms with Gasteiger partial charge in [-0.05, 0) is 19.3 Å². The van der Waals surface area contributed by atoms with Gasteiger partial charge in [0.1, 0.15) is 0 Å². The summed E-state index contributed by atoms with van der Waals surface area (Å²) in [6.07, 6.45) is 8.69. The zero-order chi connectivity index (χ0) is 12.1. The maximum atomic E-state index is 5.84. The smallest absolute Gasteiger partial charge is 0.0808 e. The lowest BCUT2D eigenvalue weighted by atomic mass is 10.2. The van der Waals surface area contributed by atoms with E-state index >= 15 is 0 Å². The van der Waals surface area contributed by atoms with Crippen molar-refractivity contribution >= 4 is 0 Å². The van der Waals surface area contributed by atoms with Crippen molar-refractivity contribution in [3.8, 4) is 0 Å². The Morgan fingerprint density at radius 2 is 1.44 bits per heavy atom. The Labute approximate surface area is 102 Å². The molecule has 2 nitrogen and oxygen atoms in total. The van der Waals surface area contributed by atoms with Crippen LogP contribution in [0.2, 0.25) is 0 Å². The molecule has 98 valence electrons. The molecule has 0 heterocycles. The lowest BCUT2D eigenvalue weighted by Gasteiger charge is -2.17. The van der Waals surface area contributed by atoms with Crippen molar-refractivity contribution in [2.45, 2.75) is 71.8 Å². The molecule has 0 aliphatic heterocycles. The zero-order valence-electron chi connectivity index (χ0n) is 11.5. The number of hydrogen-bond donors (Lipinski definition) is 0. The van der Waals surface area contributed by atoms with Gasteiger partial charge in [0, 0.05) is 13.2 Å². The molecule has 0 radical (unpaired) electrons. The van der Waals surface area contributed by atoms with E-state index in [-0.39, 0.29) is 0 Å². The maximum Gasteiger partial charge on any atom is 0.0808 e. The van der Waals surface area contributed by atoms with Crippen LogP contribution in [0.5, 0.6) is 0 Å². The van der Waals surface area contributed by atoms with E-state index in [0.717, 1.165) is 39.1 Å². The Morgan fingerprint density at radius 3 is 2.06 bits per heavy atom. The Morgan fingerprint density at radius 1 is 0.812 bits per heavy atom. The quantitative estimate of drug-likeness (QED) is 0.468. The van der Waals surface area contributed by atoms with E-state index in [2.05, 4.69) is 20.8 Å². The molecule has 1 unspecified atom stereocenters. The summed E-state index contributed by atoms with van der Waals surface area (Å²) in [5, 5.41) is 0. The van der Waals surface area contributed by atoms with Gasteiger partial charge >= 0.3 is 0 Å². The van der Waals surface area contributed by atoms with E-state index in [4.69, 9.17) is 9.47 Å². The summed E-state index contributed by atoms with van der Waals surface area (Å²) in [5.41, 5.74) is 0. The van der Waals surface area contributed by atoms with E-state index < -0.39 is 0 Å². The highest BCUT2D eigenvalue weighted by molar-refractivity contribution is 4.57. The van der Waals surface area contributed by atoms with Gasteiger partial charge in [-0.2, -0.15) is 0 Å². The minimum atomic E-state index is 0.323. The molecule has 0 rings (SSSR count). The average Bonchev–Trinajstić information content (AvgIpc) is 2.31. The van der Waals surface area contributed by atoms with Gasteiger partial charge in [-0.25, -0.2) is 0 Å². The summed E-state index contributed by atoms with van der Waals surface area (Å²) in [4.78, 5) is 0. The van der Waals surface area contributed by atoms with Crippen LogP contribution in [0, 0.1) is 0 Å². The summed E-state index contributed by atoms with van der Waals surface area (Å²) in [5.74, 6) is 0. The predicted molar refractivity (Wildman–Crippen MR) is 69.9 cm³/mol. The van der Waals surface area contributed by atoms with Crippen molar-refractivity contribution in [3.05, 3.63) is 0 Å². The van der Waals surface area contributed by atoms with E-state index in [0.29, 0.717) is 6.10 Å². The summed E-state index contributed by atoms with van der Waals surface area (Å²) in [7, 11) is 0.